The molecular formula is C15H22Cl2N2O2. The maximum absolute atomic E-state index is 12.4. The SMILES string of the molecule is CC(c1ccccc1Cl)N(C)C(=O)[C@@H]1CC[C@H](CN)O1.Cl. The standard InChI is InChI=1S/C15H21ClN2O2.ClH/c1-10(12-5-3-4-6-13(12)16)18(2)15(19)14-8-7-11(9-17)20-14;/h3-6,10-11,14H,7-9,17H2,1-2H3;1H/t10?,11-,14+;/m1./s1. The second-order valence-corrected chi connectivity index (χ2v) is 5.61. The number of benzene rings is 1. The van der Waals surface area contributed by atoms with E-state index in [2.05, 4.69) is 0 Å². The number of nitrogens with two attached hydrogens (primary N) is 1. The summed E-state index contributed by atoms with van der Waals surface area (Å²) in [4.78, 5) is 14.1. The molecule has 1 aliphatic heterocycles. The lowest BCUT2D eigenvalue weighted by Crippen LogP contribution is -2.38. The lowest BCUT2D eigenvalue weighted by atomic mass is 10.1. The molecule has 2 N–H and O–H groups in total. The predicted octanol–water partition coefficient (Wildman–Crippen LogP) is 2.79. The van der Waals surface area contributed by atoms with Crippen LogP contribution >= 0.6 is 24.0 Å². The van der Waals surface area contributed by atoms with Crippen LogP contribution in [0.3, 0.4) is 0 Å². The minimum Gasteiger partial charge on any atom is -0.364 e. The fourth-order valence-corrected chi connectivity index (χ4v) is 2.79. The first-order valence-electron chi connectivity index (χ1n) is 6.91. The van der Waals surface area contributed by atoms with Crippen LogP contribution in [0.2, 0.25) is 5.02 Å². The van der Waals surface area contributed by atoms with Gasteiger partial charge in [-0.15, -0.1) is 12.4 Å². The first-order chi connectivity index (χ1) is 9.54. The summed E-state index contributed by atoms with van der Waals surface area (Å²) < 4.78 is 5.66. The van der Waals surface area contributed by atoms with Crippen LogP contribution in [0.15, 0.2) is 24.3 Å². The van der Waals surface area contributed by atoms with Gasteiger partial charge < -0.3 is 15.4 Å². The molecule has 2 rings (SSSR count). The molecule has 1 unspecified atom stereocenters. The molecule has 118 valence electrons. The van der Waals surface area contributed by atoms with Crippen LogP contribution in [0.5, 0.6) is 0 Å². The summed E-state index contributed by atoms with van der Waals surface area (Å²) in [5.41, 5.74) is 6.52. The van der Waals surface area contributed by atoms with Crippen molar-refractivity contribution in [2.45, 2.75) is 38.0 Å². The lowest BCUT2D eigenvalue weighted by Gasteiger charge is -2.28. The molecule has 0 spiro atoms. The molecule has 21 heavy (non-hydrogen) atoms. The number of halogens is 2. The van der Waals surface area contributed by atoms with E-state index < -0.39 is 0 Å². The summed E-state index contributed by atoms with van der Waals surface area (Å²) in [5.74, 6) is -0.00614. The van der Waals surface area contributed by atoms with Crippen LogP contribution < -0.4 is 5.73 Å². The van der Waals surface area contributed by atoms with Crippen LogP contribution in [0.25, 0.3) is 0 Å². The molecule has 1 saturated heterocycles. The molecule has 0 radical (unpaired) electrons. The van der Waals surface area contributed by atoms with E-state index in [0.717, 1.165) is 18.4 Å². The molecule has 1 amide bonds. The Bertz CT molecular complexity index is 484. The third kappa shape index (κ3) is 4.10. The minimum atomic E-state index is -0.376. The van der Waals surface area contributed by atoms with Crippen LogP contribution in [-0.2, 0) is 9.53 Å². The van der Waals surface area contributed by atoms with Gasteiger partial charge in [-0.3, -0.25) is 4.79 Å². The summed E-state index contributed by atoms with van der Waals surface area (Å²) >= 11 is 6.19. The quantitative estimate of drug-likeness (QED) is 0.922. The topological polar surface area (TPSA) is 55.6 Å². The average molecular weight is 333 g/mol. The zero-order valence-electron chi connectivity index (χ0n) is 12.3. The van der Waals surface area contributed by atoms with Gasteiger partial charge in [0.1, 0.15) is 6.10 Å². The Kier molecular flexibility index (Phi) is 6.94. The average Bonchev–Trinajstić information content (AvgIpc) is 2.94. The number of amides is 1. The number of nitrogens with zero attached hydrogens (tertiary/aromatic N) is 1. The number of likely N-dealkylation sites (N-methyl/N-ethyl adjacent to an activating group) is 1. The first kappa shape index (κ1) is 18.2. The highest BCUT2D eigenvalue weighted by molar-refractivity contribution is 6.31. The Morgan fingerprint density at radius 1 is 1.48 bits per heavy atom. The van der Waals surface area contributed by atoms with Crippen molar-refractivity contribution in [3.05, 3.63) is 34.9 Å². The van der Waals surface area contributed by atoms with Crippen molar-refractivity contribution in [1.82, 2.24) is 4.90 Å². The lowest BCUT2D eigenvalue weighted by molar-refractivity contribution is -0.143. The molecule has 0 bridgehead atoms. The van der Waals surface area contributed by atoms with Gasteiger partial charge in [-0.2, -0.15) is 0 Å². The Balaban J connectivity index is 0.00000220. The van der Waals surface area contributed by atoms with Crippen molar-refractivity contribution in [3.8, 4) is 0 Å². The smallest absolute Gasteiger partial charge is 0.251 e. The fraction of sp³-hybridized carbons (Fsp3) is 0.533. The largest absolute Gasteiger partial charge is 0.364 e. The molecular weight excluding hydrogens is 311 g/mol. The van der Waals surface area contributed by atoms with Crippen molar-refractivity contribution < 1.29 is 9.53 Å². The number of rotatable bonds is 4. The molecule has 4 nitrogen and oxygen atoms in total. The summed E-state index contributed by atoms with van der Waals surface area (Å²) in [6.07, 6.45) is 1.22. The van der Waals surface area contributed by atoms with Gasteiger partial charge in [0, 0.05) is 18.6 Å². The van der Waals surface area contributed by atoms with Gasteiger partial charge in [0.25, 0.3) is 5.91 Å². The highest BCUT2D eigenvalue weighted by Crippen LogP contribution is 2.28. The van der Waals surface area contributed by atoms with E-state index in [1.54, 1.807) is 11.9 Å². The van der Waals surface area contributed by atoms with Crippen molar-refractivity contribution in [2.24, 2.45) is 5.73 Å². The second kappa shape index (κ2) is 7.99. The number of carbonyl (C=O) groups excluding carboxylic acids is 1. The third-order valence-electron chi connectivity index (χ3n) is 3.93. The van der Waals surface area contributed by atoms with Gasteiger partial charge in [-0.1, -0.05) is 29.8 Å². The van der Waals surface area contributed by atoms with E-state index in [1.165, 1.54) is 0 Å². The second-order valence-electron chi connectivity index (χ2n) is 5.21. The predicted molar refractivity (Wildman–Crippen MR) is 86.8 cm³/mol. The molecule has 1 heterocycles. The van der Waals surface area contributed by atoms with E-state index >= 15 is 0 Å². The molecule has 3 atom stereocenters. The molecule has 1 aromatic carbocycles. The van der Waals surface area contributed by atoms with Crippen LogP contribution in [0.1, 0.15) is 31.4 Å². The molecule has 0 aromatic heterocycles. The fourth-order valence-electron chi connectivity index (χ4n) is 2.50. The van der Waals surface area contributed by atoms with Gasteiger partial charge >= 0.3 is 0 Å². The van der Waals surface area contributed by atoms with Crippen LogP contribution in [0, 0.1) is 0 Å². The first-order valence-corrected chi connectivity index (χ1v) is 7.29. The maximum atomic E-state index is 12.4. The molecule has 6 heteroatoms. The van der Waals surface area contributed by atoms with E-state index in [4.69, 9.17) is 22.1 Å². The Labute approximate surface area is 137 Å². The van der Waals surface area contributed by atoms with Crippen LogP contribution in [-0.4, -0.2) is 36.6 Å². The summed E-state index contributed by atoms with van der Waals surface area (Å²) in [7, 11) is 1.79. The van der Waals surface area contributed by atoms with Crippen molar-refractivity contribution >= 4 is 29.9 Å². The monoisotopic (exact) mass is 332 g/mol. The zero-order chi connectivity index (χ0) is 14.7. The Hall–Kier alpha value is -0.810. The van der Waals surface area contributed by atoms with E-state index in [-0.39, 0.29) is 36.6 Å². The van der Waals surface area contributed by atoms with Crippen molar-refractivity contribution in [2.75, 3.05) is 13.6 Å². The van der Waals surface area contributed by atoms with E-state index in [0.29, 0.717) is 11.6 Å². The number of ether oxygens (including phenoxy) is 1. The van der Waals surface area contributed by atoms with Crippen molar-refractivity contribution in [1.29, 1.82) is 0 Å². The summed E-state index contributed by atoms with van der Waals surface area (Å²) in [5, 5.41) is 0.673. The number of carbonyl (C=O) groups is 1. The van der Waals surface area contributed by atoms with Gasteiger partial charge in [0.2, 0.25) is 0 Å². The van der Waals surface area contributed by atoms with Gasteiger partial charge in [0.05, 0.1) is 12.1 Å². The summed E-state index contributed by atoms with van der Waals surface area (Å²) in [6.45, 7) is 2.43. The van der Waals surface area contributed by atoms with Crippen molar-refractivity contribution in [3.63, 3.8) is 0 Å². The molecule has 0 aliphatic carbocycles. The number of hydrogen-bond donors (Lipinski definition) is 1. The van der Waals surface area contributed by atoms with Gasteiger partial charge in [-0.25, -0.2) is 0 Å². The highest BCUT2D eigenvalue weighted by atomic mass is 35.5. The normalized spacial score (nSPS) is 22.5. The van der Waals surface area contributed by atoms with E-state index in [1.807, 2.05) is 31.2 Å². The molecule has 1 aromatic rings. The molecule has 1 aliphatic rings. The number of hydrogen-bond acceptors (Lipinski definition) is 3. The molecule has 0 saturated carbocycles. The maximum Gasteiger partial charge on any atom is 0.251 e. The summed E-state index contributed by atoms with van der Waals surface area (Å²) in [6, 6.07) is 7.49. The van der Waals surface area contributed by atoms with Gasteiger partial charge in [0.15, 0.2) is 0 Å². The Morgan fingerprint density at radius 2 is 2.14 bits per heavy atom. The van der Waals surface area contributed by atoms with E-state index in [9.17, 15) is 4.79 Å². The van der Waals surface area contributed by atoms with Crippen LogP contribution in [0.4, 0.5) is 0 Å². The third-order valence-corrected chi connectivity index (χ3v) is 4.27. The minimum absolute atomic E-state index is 0. The zero-order valence-corrected chi connectivity index (χ0v) is 13.9. The van der Waals surface area contributed by atoms with Gasteiger partial charge in [-0.05, 0) is 31.4 Å². The highest BCUT2D eigenvalue weighted by Gasteiger charge is 2.33. The Morgan fingerprint density at radius 3 is 2.71 bits per heavy atom. The molecule has 1 fully saturated rings.